The van der Waals surface area contributed by atoms with Gasteiger partial charge in [-0.3, -0.25) is 9.59 Å². The van der Waals surface area contributed by atoms with E-state index in [0.29, 0.717) is 31.1 Å². The Morgan fingerprint density at radius 1 is 1.25 bits per heavy atom. The molecule has 2 N–H and O–H groups in total. The average molecular weight is 334 g/mol. The van der Waals surface area contributed by atoms with Crippen molar-refractivity contribution >= 4 is 11.8 Å². The van der Waals surface area contributed by atoms with Crippen LogP contribution in [0.2, 0.25) is 0 Å². The molecule has 7 nitrogen and oxygen atoms in total. The largest absolute Gasteiger partial charge is 0.484 e. The molecule has 2 aliphatic rings. The minimum Gasteiger partial charge on any atom is -0.484 e. The summed E-state index contributed by atoms with van der Waals surface area (Å²) < 4.78 is 16.7. The summed E-state index contributed by atoms with van der Waals surface area (Å²) in [4.78, 5) is 25.5. The maximum atomic E-state index is 12.6. The smallest absolute Gasteiger partial charge is 0.260 e. The van der Waals surface area contributed by atoms with Gasteiger partial charge in [0.1, 0.15) is 5.75 Å². The van der Waals surface area contributed by atoms with Gasteiger partial charge in [0.2, 0.25) is 5.91 Å². The molecule has 2 amide bonds. The van der Waals surface area contributed by atoms with Crippen molar-refractivity contribution in [3.05, 3.63) is 29.8 Å². The second-order valence-corrected chi connectivity index (χ2v) is 5.94. The topological polar surface area (TPSA) is 91.1 Å². The first-order valence-electron chi connectivity index (χ1n) is 8.20. The van der Waals surface area contributed by atoms with E-state index < -0.39 is 5.91 Å². The van der Waals surface area contributed by atoms with Gasteiger partial charge >= 0.3 is 0 Å². The van der Waals surface area contributed by atoms with Crippen LogP contribution < -0.4 is 10.5 Å². The van der Waals surface area contributed by atoms with Crippen LogP contribution in [0.3, 0.4) is 0 Å². The first kappa shape index (κ1) is 16.7. The Morgan fingerprint density at radius 3 is 2.79 bits per heavy atom. The molecule has 0 bridgehead atoms. The second-order valence-electron chi connectivity index (χ2n) is 5.94. The fourth-order valence-electron chi connectivity index (χ4n) is 3.12. The molecule has 7 heteroatoms. The molecule has 0 saturated carbocycles. The second kappa shape index (κ2) is 7.63. The number of nitrogens with zero attached hydrogens (tertiary/aromatic N) is 1. The highest BCUT2D eigenvalue weighted by Gasteiger charge is 2.36. The van der Waals surface area contributed by atoms with Crippen LogP contribution in [0, 0.1) is 0 Å². The third-order valence-electron chi connectivity index (χ3n) is 4.31. The van der Waals surface area contributed by atoms with Gasteiger partial charge in [-0.1, -0.05) is 6.07 Å². The fraction of sp³-hybridized carbons (Fsp3) is 0.529. The molecule has 0 aliphatic carbocycles. The summed E-state index contributed by atoms with van der Waals surface area (Å²) in [7, 11) is 0. The Morgan fingerprint density at radius 2 is 2.04 bits per heavy atom. The van der Waals surface area contributed by atoms with Crippen LogP contribution in [0.25, 0.3) is 0 Å². The highest BCUT2D eigenvalue weighted by Crippen LogP contribution is 2.24. The summed E-state index contributed by atoms with van der Waals surface area (Å²) in [5, 5.41) is 0. The van der Waals surface area contributed by atoms with Crippen molar-refractivity contribution in [1.29, 1.82) is 0 Å². The first-order chi connectivity index (χ1) is 11.6. The minimum atomic E-state index is -0.529. The van der Waals surface area contributed by atoms with Crippen LogP contribution in [0.15, 0.2) is 24.3 Å². The Labute approximate surface area is 140 Å². The van der Waals surface area contributed by atoms with Crippen molar-refractivity contribution in [1.82, 2.24) is 4.90 Å². The molecule has 0 aromatic heterocycles. The molecule has 1 atom stereocenters. The number of carbonyl (C=O) groups excluding carboxylic acids is 2. The number of likely N-dealkylation sites (tertiary alicyclic amines) is 1. The van der Waals surface area contributed by atoms with Crippen molar-refractivity contribution in [2.24, 2.45) is 5.73 Å². The minimum absolute atomic E-state index is 0.0608. The quantitative estimate of drug-likeness (QED) is 0.864. The average Bonchev–Trinajstić information content (AvgIpc) is 3.14. The summed E-state index contributed by atoms with van der Waals surface area (Å²) >= 11 is 0. The number of benzene rings is 1. The number of primary amides is 1. The van der Waals surface area contributed by atoms with Gasteiger partial charge < -0.3 is 24.8 Å². The Hall–Kier alpha value is -2.12. The first-order valence-corrected chi connectivity index (χ1v) is 8.20. The molecule has 1 unspecified atom stereocenters. The predicted molar refractivity (Wildman–Crippen MR) is 85.5 cm³/mol. The number of hydrogen-bond donors (Lipinski definition) is 1. The maximum absolute atomic E-state index is 12.6. The molecule has 3 rings (SSSR count). The van der Waals surface area contributed by atoms with Gasteiger partial charge in [-0.25, -0.2) is 0 Å². The molecule has 2 heterocycles. The van der Waals surface area contributed by atoms with E-state index in [2.05, 4.69) is 0 Å². The molecule has 1 aromatic rings. The third-order valence-corrected chi connectivity index (χ3v) is 4.31. The molecular weight excluding hydrogens is 312 g/mol. The molecule has 0 spiro atoms. The summed E-state index contributed by atoms with van der Waals surface area (Å²) in [6.45, 7) is 1.72. The highest BCUT2D eigenvalue weighted by atomic mass is 16.7. The van der Waals surface area contributed by atoms with Gasteiger partial charge in [0.15, 0.2) is 12.9 Å². The zero-order valence-corrected chi connectivity index (χ0v) is 13.5. The SMILES string of the molecule is NC(=O)c1cccc(OCC(=O)N2CCCCC2C2OCCO2)c1. The van der Waals surface area contributed by atoms with Crippen molar-refractivity contribution in [3.8, 4) is 5.75 Å². The number of rotatable bonds is 5. The number of nitrogens with two attached hydrogens (primary N) is 1. The van der Waals surface area contributed by atoms with E-state index in [4.69, 9.17) is 19.9 Å². The molecule has 1 aromatic carbocycles. The van der Waals surface area contributed by atoms with Crippen molar-refractivity contribution in [3.63, 3.8) is 0 Å². The van der Waals surface area contributed by atoms with E-state index in [1.807, 2.05) is 0 Å². The van der Waals surface area contributed by atoms with E-state index in [0.717, 1.165) is 19.3 Å². The van der Waals surface area contributed by atoms with Crippen LogP contribution in [-0.2, 0) is 14.3 Å². The maximum Gasteiger partial charge on any atom is 0.260 e. The van der Waals surface area contributed by atoms with Gasteiger partial charge in [0.05, 0.1) is 19.3 Å². The fourth-order valence-corrected chi connectivity index (χ4v) is 3.12. The third kappa shape index (κ3) is 3.85. The lowest BCUT2D eigenvalue weighted by molar-refractivity contribution is -0.152. The van der Waals surface area contributed by atoms with E-state index in [1.54, 1.807) is 23.1 Å². The van der Waals surface area contributed by atoms with Crippen LogP contribution in [0.5, 0.6) is 5.75 Å². The number of piperidine rings is 1. The van der Waals surface area contributed by atoms with Crippen LogP contribution >= 0.6 is 0 Å². The molecule has 130 valence electrons. The normalized spacial score (nSPS) is 21.7. The standard InChI is InChI=1S/C17H22N2O5/c18-16(21)12-4-3-5-13(10-12)24-11-15(20)19-7-2-1-6-14(19)17-22-8-9-23-17/h3-5,10,14,17H,1-2,6-9,11H2,(H2,18,21). The summed E-state index contributed by atoms with van der Waals surface area (Å²) in [5.74, 6) is -0.191. The highest BCUT2D eigenvalue weighted by molar-refractivity contribution is 5.93. The Bertz CT molecular complexity index is 600. The molecular formula is C17H22N2O5. The van der Waals surface area contributed by atoms with Gasteiger partial charge in [-0.05, 0) is 37.5 Å². The van der Waals surface area contributed by atoms with Crippen molar-refractivity contribution in [2.75, 3.05) is 26.4 Å². The van der Waals surface area contributed by atoms with Crippen LogP contribution in [-0.4, -0.2) is 55.4 Å². The molecule has 0 radical (unpaired) electrons. The van der Waals surface area contributed by atoms with E-state index in [9.17, 15) is 9.59 Å². The van der Waals surface area contributed by atoms with E-state index in [-0.39, 0.29) is 24.8 Å². The molecule has 2 saturated heterocycles. The lowest BCUT2D eigenvalue weighted by Crippen LogP contribution is -2.51. The monoisotopic (exact) mass is 334 g/mol. The predicted octanol–water partition coefficient (Wildman–Crippen LogP) is 0.918. The summed E-state index contributed by atoms with van der Waals surface area (Å²) in [5.41, 5.74) is 5.60. The van der Waals surface area contributed by atoms with E-state index in [1.165, 1.54) is 6.07 Å². The zero-order valence-electron chi connectivity index (χ0n) is 13.5. The lowest BCUT2D eigenvalue weighted by atomic mass is 10.0. The van der Waals surface area contributed by atoms with Gasteiger partial charge in [0, 0.05) is 12.1 Å². The molecule has 2 fully saturated rings. The van der Waals surface area contributed by atoms with Crippen molar-refractivity contribution < 1.29 is 23.8 Å². The lowest BCUT2D eigenvalue weighted by Gasteiger charge is -2.37. The Kier molecular flexibility index (Phi) is 5.32. The van der Waals surface area contributed by atoms with Crippen molar-refractivity contribution in [2.45, 2.75) is 31.6 Å². The van der Waals surface area contributed by atoms with Gasteiger partial charge in [-0.2, -0.15) is 0 Å². The number of hydrogen-bond acceptors (Lipinski definition) is 5. The number of amides is 2. The Balaban J connectivity index is 1.60. The van der Waals surface area contributed by atoms with Gasteiger partial charge in [0.25, 0.3) is 5.91 Å². The zero-order chi connectivity index (χ0) is 16.9. The molecule has 24 heavy (non-hydrogen) atoms. The summed E-state index contributed by atoms with van der Waals surface area (Å²) in [6.07, 6.45) is 2.55. The molecule has 2 aliphatic heterocycles. The van der Waals surface area contributed by atoms with Crippen LogP contribution in [0.4, 0.5) is 0 Å². The van der Waals surface area contributed by atoms with Crippen LogP contribution in [0.1, 0.15) is 29.6 Å². The van der Waals surface area contributed by atoms with E-state index >= 15 is 0 Å². The summed E-state index contributed by atoms with van der Waals surface area (Å²) in [6, 6.07) is 6.44. The number of carbonyl (C=O) groups is 2. The van der Waals surface area contributed by atoms with Gasteiger partial charge in [-0.15, -0.1) is 0 Å². The number of ether oxygens (including phenoxy) is 3.